The quantitative estimate of drug-likeness (QED) is 0.446. The van der Waals surface area contributed by atoms with Crippen molar-refractivity contribution in [2.45, 2.75) is 62.6 Å². The van der Waals surface area contributed by atoms with Crippen LogP contribution in [0.15, 0.2) is 0 Å². The summed E-state index contributed by atoms with van der Waals surface area (Å²) in [6, 6.07) is 0. The van der Waals surface area contributed by atoms with Crippen LogP contribution in [0.25, 0.3) is 0 Å². The van der Waals surface area contributed by atoms with E-state index in [9.17, 15) is 0 Å². The fraction of sp³-hybridized carbons (Fsp3) is 0.867. The van der Waals surface area contributed by atoms with Crippen molar-refractivity contribution in [3.05, 3.63) is 0 Å². The Labute approximate surface area is 147 Å². The zero-order chi connectivity index (χ0) is 18.2. The summed E-state index contributed by atoms with van der Waals surface area (Å²) in [5.41, 5.74) is -1.70. The highest BCUT2D eigenvalue weighted by Crippen LogP contribution is 2.35. The lowest BCUT2D eigenvalue weighted by molar-refractivity contribution is -0.346. The molecule has 0 aromatic carbocycles. The van der Waals surface area contributed by atoms with Crippen LogP contribution in [0.2, 0.25) is 0 Å². The molecule has 2 aliphatic rings. The molecular formula is C15H27B3O6. The first kappa shape index (κ1) is 19.8. The summed E-state index contributed by atoms with van der Waals surface area (Å²) in [5.74, 6) is 1.02. The summed E-state index contributed by atoms with van der Waals surface area (Å²) in [6.07, 6.45) is 4.59. The Morgan fingerprint density at radius 1 is 1.08 bits per heavy atom. The van der Waals surface area contributed by atoms with E-state index in [-0.39, 0.29) is 19.3 Å². The first-order chi connectivity index (χ1) is 10.9. The molecule has 2 heterocycles. The second-order valence-electron chi connectivity index (χ2n) is 7.90. The Morgan fingerprint density at radius 2 is 1.75 bits per heavy atom. The maximum Gasteiger partial charge on any atom is 0.165 e. The van der Waals surface area contributed by atoms with Gasteiger partial charge in [0.2, 0.25) is 0 Å². The van der Waals surface area contributed by atoms with Crippen LogP contribution in [-0.2, 0) is 28.4 Å². The van der Waals surface area contributed by atoms with Gasteiger partial charge in [-0.25, -0.2) is 0 Å². The van der Waals surface area contributed by atoms with Gasteiger partial charge in [-0.15, -0.1) is 6.42 Å². The fourth-order valence-corrected chi connectivity index (χ4v) is 3.14. The molecule has 2 rings (SSSR count). The zero-order valence-corrected chi connectivity index (χ0v) is 15.8. The van der Waals surface area contributed by atoms with Crippen LogP contribution in [0.4, 0.5) is 0 Å². The van der Waals surface area contributed by atoms with Crippen LogP contribution in [0.5, 0.6) is 0 Å². The van der Waals surface area contributed by atoms with Gasteiger partial charge >= 0.3 is 0 Å². The van der Waals surface area contributed by atoms with Gasteiger partial charge in [0.25, 0.3) is 0 Å². The number of terminal acetylenes is 1. The maximum absolute atomic E-state index is 6.30. The van der Waals surface area contributed by atoms with E-state index in [0.717, 1.165) is 0 Å². The van der Waals surface area contributed by atoms with Crippen molar-refractivity contribution in [1.82, 2.24) is 0 Å². The third-order valence-electron chi connectivity index (χ3n) is 4.06. The smallest absolute Gasteiger partial charge is 0.165 e. The van der Waals surface area contributed by atoms with Crippen LogP contribution < -0.4 is 0 Å². The van der Waals surface area contributed by atoms with Gasteiger partial charge in [0.1, 0.15) is 26.7 Å². The minimum Gasteiger partial charge on any atom is -0.366 e. The van der Waals surface area contributed by atoms with Gasteiger partial charge in [0, 0.05) is 0 Å². The van der Waals surface area contributed by atoms with E-state index in [1.165, 1.54) is 0 Å². The standard InChI is InChI=1S/C15H27B3O6/c1-6-7-19-14(16)9-21-13(4,5)24-15(17,18)23-11(14)10-8-20-12(2,3)22-10/h1,10-11H,7-9,16-18H2,2-5H3/t10?,11?,14-/m1/s1. The van der Waals surface area contributed by atoms with Gasteiger partial charge in [-0.05, 0) is 27.7 Å². The van der Waals surface area contributed by atoms with Crippen molar-refractivity contribution in [3.63, 3.8) is 0 Å². The second-order valence-corrected chi connectivity index (χ2v) is 7.90. The van der Waals surface area contributed by atoms with Gasteiger partial charge in [0.05, 0.1) is 24.3 Å². The van der Waals surface area contributed by atoms with E-state index >= 15 is 0 Å². The first-order valence-corrected chi connectivity index (χ1v) is 8.29. The zero-order valence-electron chi connectivity index (χ0n) is 15.8. The molecule has 0 aromatic heterocycles. The molecule has 0 aromatic rings. The van der Waals surface area contributed by atoms with Gasteiger partial charge in [-0.1, -0.05) is 5.92 Å². The van der Waals surface area contributed by atoms with E-state index < -0.39 is 28.8 Å². The van der Waals surface area contributed by atoms with E-state index in [2.05, 4.69) is 5.92 Å². The Balaban J connectivity index is 2.32. The summed E-state index contributed by atoms with van der Waals surface area (Å²) in [4.78, 5) is 0. The van der Waals surface area contributed by atoms with Crippen molar-refractivity contribution in [2.24, 2.45) is 0 Å². The van der Waals surface area contributed by atoms with Crippen molar-refractivity contribution in [1.29, 1.82) is 0 Å². The molecule has 132 valence electrons. The molecule has 24 heavy (non-hydrogen) atoms. The molecule has 2 unspecified atom stereocenters. The van der Waals surface area contributed by atoms with Crippen molar-refractivity contribution < 1.29 is 28.4 Å². The number of hydrogen-bond donors (Lipinski definition) is 0. The van der Waals surface area contributed by atoms with Gasteiger partial charge in [0.15, 0.2) is 27.3 Å². The number of rotatable bonds is 3. The monoisotopic (exact) mass is 336 g/mol. The summed E-state index contributed by atoms with van der Waals surface area (Å²) >= 11 is 0. The SMILES string of the molecule is BC1(B)OC(C2COC(C)(C)O2)[C@](B)(OCC#C)COC(C)(C)O1. The third-order valence-corrected chi connectivity index (χ3v) is 4.06. The topological polar surface area (TPSA) is 55.4 Å². The Hall–Kier alpha value is -0.485. The molecule has 0 radical (unpaired) electrons. The molecule has 9 heteroatoms. The molecule has 0 saturated carbocycles. The minimum absolute atomic E-state index is 0.151. The van der Waals surface area contributed by atoms with Crippen LogP contribution in [0.1, 0.15) is 27.7 Å². The number of hydrogen-bond acceptors (Lipinski definition) is 6. The molecule has 0 aliphatic carbocycles. The average Bonchev–Trinajstić information content (AvgIpc) is 2.78. The average molecular weight is 336 g/mol. The Kier molecular flexibility index (Phi) is 5.52. The van der Waals surface area contributed by atoms with Crippen LogP contribution in [0, 0.1) is 12.3 Å². The highest BCUT2D eigenvalue weighted by Gasteiger charge is 2.52. The normalized spacial score (nSPS) is 38.0. The molecule has 3 atom stereocenters. The predicted octanol–water partition coefficient (Wildman–Crippen LogP) is -1.84. The predicted molar refractivity (Wildman–Crippen MR) is 96.8 cm³/mol. The number of ether oxygens (including phenoxy) is 6. The van der Waals surface area contributed by atoms with Crippen molar-refractivity contribution >= 4 is 23.5 Å². The molecule has 0 bridgehead atoms. The highest BCUT2D eigenvalue weighted by atomic mass is 16.8. The fourth-order valence-electron chi connectivity index (χ4n) is 3.14. The molecule has 2 fully saturated rings. The molecule has 2 aliphatic heterocycles. The largest absolute Gasteiger partial charge is 0.366 e. The van der Waals surface area contributed by atoms with E-state index in [1.54, 1.807) is 0 Å². The van der Waals surface area contributed by atoms with Crippen LogP contribution in [-0.4, -0.2) is 78.2 Å². The summed E-state index contributed by atoms with van der Waals surface area (Å²) in [6.45, 7) is 8.23. The van der Waals surface area contributed by atoms with Crippen LogP contribution >= 0.6 is 0 Å². The molecule has 2 saturated heterocycles. The molecule has 0 N–H and O–H groups in total. The van der Waals surface area contributed by atoms with Crippen molar-refractivity contribution in [3.8, 4) is 12.3 Å². The summed E-state index contributed by atoms with van der Waals surface area (Å²) < 4.78 is 35.9. The second kappa shape index (κ2) is 6.67. The molecular weight excluding hydrogens is 309 g/mol. The third kappa shape index (κ3) is 4.78. The molecule has 0 spiro atoms. The maximum atomic E-state index is 6.30. The van der Waals surface area contributed by atoms with E-state index in [1.807, 2.05) is 51.2 Å². The lowest BCUT2D eigenvalue weighted by Gasteiger charge is -2.49. The van der Waals surface area contributed by atoms with Crippen LogP contribution in [0.3, 0.4) is 0 Å². The van der Waals surface area contributed by atoms with Crippen molar-refractivity contribution in [2.75, 3.05) is 19.8 Å². The lowest BCUT2D eigenvalue weighted by atomic mass is 9.71. The van der Waals surface area contributed by atoms with E-state index in [4.69, 9.17) is 34.8 Å². The molecule has 6 nitrogen and oxygen atoms in total. The Bertz CT molecular complexity index is 504. The van der Waals surface area contributed by atoms with Gasteiger partial charge in [-0.3, -0.25) is 0 Å². The minimum atomic E-state index is -0.897. The summed E-state index contributed by atoms with van der Waals surface area (Å²) in [5, 5.41) is 0. The van der Waals surface area contributed by atoms with Gasteiger partial charge < -0.3 is 28.4 Å². The molecule has 0 amide bonds. The highest BCUT2D eigenvalue weighted by molar-refractivity contribution is 6.37. The summed E-state index contributed by atoms with van der Waals surface area (Å²) in [7, 11) is 5.61. The van der Waals surface area contributed by atoms with E-state index in [0.29, 0.717) is 6.61 Å². The van der Waals surface area contributed by atoms with Gasteiger partial charge in [-0.2, -0.15) is 0 Å². The Morgan fingerprint density at radius 3 is 2.29 bits per heavy atom. The first-order valence-electron chi connectivity index (χ1n) is 8.29. The lowest BCUT2D eigenvalue weighted by Crippen LogP contribution is -2.64.